The molecule has 0 saturated carbocycles. The molecule has 0 amide bonds. The number of sulfonamides is 1. The molecule has 1 atom stereocenters. The maximum Gasteiger partial charge on any atom is 0.322 e. The zero-order valence-electron chi connectivity index (χ0n) is 13.6. The standard InChI is InChI=1S/C14H21NO6S2/c1-8(2)13(14(16)17)15-23(20,21)12-7-9(3)6-11(10(12)4)22(5,18)19/h6-8,13,15H,1-5H3,(H,16,17)/t13-/m0/s1. The van der Waals surface area contributed by atoms with Gasteiger partial charge in [-0.15, -0.1) is 0 Å². The molecule has 1 rings (SSSR count). The summed E-state index contributed by atoms with van der Waals surface area (Å²) in [5.41, 5.74) is 0.520. The minimum Gasteiger partial charge on any atom is -0.480 e. The fraction of sp³-hybridized carbons (Fsp3) is 0.500. The molecular weight excluding hydrogens is 342 g/mol. The van der Waals surface area contributed by atoms with Gasteiger partial charge in [-0.3, -0.25) is 4.79 Å². The quantitative estimate of drug-likeness (QED) is 0.781. The predicted molar refractivity (Wildman–Crippen MR) is 85.6 cm³/mol. The van der Waals surface area contributed by atoms with Gasteiger partial charge in [0.25, 0.3) is 0 Å². The van der Waals surface area contributed by atoms with Gasteiger partial charge in [-0.05, 0) is 43.0 Å². The van der Waals surface area contributed by atoms with Gasteiger partial charge in [0.2, 0.25) is 10.0 Å². The van der Waals surface area contributed by atoms with E-state index in [0.717, 1.165) is 6.26 Å². The molecule has 0 saturated heterocycles. The van der Waals surface area contributed by atoms with Gasteiger partial charge in [-0.1, -0.05) is 13.8 Å². The Labute approximate surface area is 136 Å². The number of carboxylic acids is 1. The van der Waals surface area contributed by atoms with Gasteiger partial charge in [0.1, 0.15) is 6.04 Å². The van der Waals surface area contributed by atoms with E-state index < -0.39 is 37.8 Å². The molecule has 0 heterocycles. The lowest BCUT2D eigenvalue weighted by Gasteiger charge is -2.19. The van der Waals surface area contributed by atoms with Crippen molar-refractivity contribution in [1.82, 2.24) is 4.72 Å². The summed E-state index contributed by atoms with van der Waals surface area (Å²) in [5.74, 6) is -1.76. The summed E-state index contributed by atoms with van der Waals surface area (Å²) in [4.78, 5) is 10.9. The molecule has 1 aromatic rings. The molecule has 0 unspecified atom stereocenters. The number of hydrogen-bond acceptors (Lipinski definition) is 5. The van der Waals surface area contributed by atoms with Crippen molar-refractivity contribution in [2.45, 2.75) is 43.5 Å². The molecule has 0 aliphatic heterocycles. The third kappa shape index (κ3) is 4.52. The minimum atomic E-state index is -4.18. The highest BCUT2D eigenvalue weighted by molar-refractivity contribution is 7.91. The summed E-state index contributed by atoms with van der Waals surface area (Å²) in [6.07, 6.45) is 0.993. The van der Waals surface area contributed by atoms with E-state index in [1.165, 1.54) is 19.1 Å². The maximum atomic E-state index is 12.5. The molecule has 0 spiro atoms. The van der Waals surface area contributed by atoms with Gasteiger partial charge in [-0.2, -0.15) is 4.72 Å². The number of sulfone groups is 1. The molecule has 0 radical (unpaired) electrons. The molecule has 0 bridgehead atoms. The first-order valence-corrected chi connectivity index (χ1v) is 10.2. The Morgan fingerprint density at radius 2 is 1.57 bits per heavy atom. The third-order valence-electron chi connectivity index (χ3n) is 3.36. The van der Waals surface area contributed by atoms with Gasteiger partial charge >= 0.3 is 5.97 Å². The van der Waals surface area contributed by atoms with E-state index in [1.807, 2.05) is 0 Å². The largest absolute Gasteiger partial charge is 0.480 e. The Morgan fingerprint density at radius 3 is 1.96 bits per heavy atom. The highest BCUT2D eigenvalue weighted by atomic mass is 32.2. The van der Waals surface area contributed by atoms with Crippen LogP contribution < -0.4 is 4.72 Å². The second-order valence-corrected chi connectivity index (χ2v) is 9.51. The second kappa shape index (κ2) is 6.58. The highest BCUT2D eigenvalue weighted by Crippen LogP contribution is 2.25. The molecule has 2 N–H and O–H groups in total. The number of rotatable bonds is 6. The molecule has 7 nitrogen and oxygen atoms in total. The summed E-state index contributed by atoms with van der Waals surface area (Å²) in [7, 11) is -7.79. The van der Waals surface area contributed by atoms with Crippen LogP contribution in [0.2, 0.25) is 0 Å². The Balaban J connectivity index is 3.51. The number of hydrogen-bond donors (Lipinski definition) is 2. The Morgan fingerprint density at radius 1 is 1.09 bits per heavy atom. The zero-order valence-corrected chi connectivity index (χ0v) is 15.2. The summed E-state index contributed by atoms with van der Waals surface area (Å²) in [5, 5.41) is 9.14. The van der Waals surface area contributed by atoms with E-state index in [0.29, 0.717) is 5.56 Å². The lowest BCUT2D eigenvalue weighted by molar-refractivity contribution is -0.140. The SMILES string of the molecule is Cc1cc(S(C)(=O)=O)c(C)c(S(=O)(=O)N[C@H](C(=O)O)C(C)C)c1. The number of benzene rings is 1. The van der Waals surface area contributed by atoms with Gasteiger partial charge < -0.3 is 5.11 Å². The minimum absolute atomic E-state index is 0.0681. The van der Waals surface area contributed by atoms with Crippen LogP contribution in [0.15, 0.2) is 21.9 Å². The van der Waals surface area contributed by atoms with Crippen LogP contribution in [0.1, 0.15) is 25.0 Å². The maximum absolute atomic E-state index is 12.5. The molecule has 1 aromatic carbocycles. The average Bonchev–Trinajstić information content (AvgIpc) is 2.36. The zero-order chi connectivity index (χ0) is 18.2. The predicted octanol–water partition coefficient (Wildman–Crippen LogP) is 1.09. The summed E-state index contributed by atoms with van der Waals surface area (Å²) >= 11 is 0. The van der Waals surface area contributed by atoms with Gasteiger partial charge in [0.15, 0.2) is 9.84 Å². The lowest BCUT2D eigenvalue weighted by Crippen LogP contribution is -2.44. The van der Waals surface area contributed by atoms with Crippen molar-refractivity contribution in [3.05, 3.63) is 23.3 Å². The van der Waals surface area contributed by atoms with Crippen molar-refractivity contribution in [3.63, 3.8) is 0 Å². The molecule has 9 heteroatoms. The Bertz CT molecular complexity index is 825. The van der Waals surface area contributed by atoms with Gasteiger partial charge in [0.05, 0.1) is 9.79 Å². The fourth-order valence-electron chi connectivity index (χ4n) is 2.16. The van der Waals surface area contributed by atoms with Crippen molar-refractivity contribution >= 4 is 25.8 Å². The first-order valence-electron chi connectivity index (χ1n) is 6.84. The summed E-state index contributed by atoms with van der Waals surface area (Å²) in [6, 6.07) is 1.41. The van der Waals surface area contributed by atoms with Crippen molar-refractivity contribution in [2.75, 3.05) is 6.26 Å². The van der Waals surface area contributed by atoms with Crippen LogP contribution in [0, 0.1) is 19.8 Å². The van der Waals surface area contributed by atoms with Gasteiger partial charge in [-0.25, -0.2) is 16.8 Å². The summed E-state index contributed by atoms with van der Waals surface area (Å²) in [6.45, 7) is 6.11. The van der Waals surface area contributed by atoms with Crippen LogP contribution in [-0.4, -0.2) is 40.2 Å². The number of nitrogens with one attached hydrogen (secondary N) is 1. The van der Waals surface area contributed by atoms with Crippen LogP contribution in [0.3, 0.4) is 0 Å². The first kappa shape index (κ1) is 19.6. The number of carbonyl (C=O) groups is 1. The first-order chi connectivity index (χ1) is 10.3. The molecule has 0 fully saturated rings. The topological polar surface area (TPSA) is 118 Å². The number of aryl methyl sites for hydroxylation is 1. The van der Waals surface area contributed by atoms with E-state index >= 15 is 0 Å². The highest BCUT2D eigenvalue weighted by Gasteiger charge is 2.30. The molecule has 130 valence electrons. The van der Waals surface area contributed by atoms with Crippen LogP contribution in [0.25, 0.3) is 0 Å². The Kier molecular flexibility index (Phi) is 5.61. The van der Waals surface area contributed by atoms with Crippen LogP contribution in [0.5, 0.6) is 0 Å². The normalized spacial score (nSPS) is 14.0. The Hall–Kier alpha value is -1.45. The third-order valence-corrected chi connectivity index (χ3v) is 6.15. The van der Waals surface area contributed by atoms with Crippen LogP contribution in [0.4, 0.5) is 0 Å². The molecule has 0 aliphatic rings. The fourth-order valence-corrected chi connectivity index (χ4v) is 4.98. The average molecular weight is 363 g/mol. The molecule has 0 aliphatic carbocycles. The van der Waals surface area contributed by atoms with Crippen molar-refractivity contribution < 1.29 is 26.7 Å². The van der Waals surface area contributed by atoms with Crippen LogP contribution >= 0.6 is 0 Å². The molecule has 0 aromatic heterocycles. The smallest absolute Gasteiger partial charge is 0.322 e. The number of carboxylic acid groups (broad SMARTS) is 1. The van der Waals surface area contributed by atoms with Crippen molar-refractivity contribution in [3.8, 4) is 0 Å². The van der Waals surface area contributed by atoms with Crippen molar-refractivity contribution in [1.29, 1.82) is 0 Å². The second-order valence-electron chi connectivity index (χ2n) is 5.84. The molecule has 23 heavy (non-hydrogen) atoms. The van der Waals surface area contributed by atoms with E-state index in [2.05, 4.69) is 4.72 Å². The van der Waals surface area contributed by atoms with E-state index in [9.17, 15) is 21.6 Å². The van der Waals surface area contributed by atoms with E-state index in [4.69, 9.17) is 5.11 Å². The van der Waals surface area contributed by atoms with Gasteiger partial charge in [0, 0.05) is 6.26 Å². The number of aliphatic carboxylic acids is 1. The van der Waals surface area contributed by atoms with E-state index in [1.54, 1.807) is 20.8 Å². The summed E-state index contributed by atoms with van der Waals surface area (Å²) < 4.78 is 50.8. The van der Waals surface area contributed by atoms with E-state index in [-0.39, 0.29) is 15.4 Å². The van der Waals surface area contributed by atoms with Crippen molar-refractivity contribution in [2.24, 2.45) is 5.92 Å². The monoisotopic (exact) mass is 363 g/mol. The lowest BCUT2D eigenvalue weighted by atomic mass is 10.1. The van der Waals surface area contributed by atoms with Crippen LogP contribution in [-0.2, 0) is 24.7 Å². The molecular formula is C14H21NO6S2.